The molecule has 4 heteroatoms. The van der Waals surface area contributed by atoms with E-state index in [-0.39, 0.29) is 5.41 Å². The Morgan fingerprint density at radius 2 is 2.06 bits per heavy atom. The van der Waals surface area contributed by atoms with E-state index in [1.807, 2.05) is 0 Å². The zero-order valence-electron chi connectivity index (χ0n) is 10.8. The van der Waals surface area contributed by atoms with Crippen molar-refractivity contribution in [2.45, 2.75) is 58.3 Å². The molecule has 0 N–H and O–H groups in total. The largest absolute Gasteiger partial charge is 0.244 e. The van der Waals surface area contributed by atoms with E-state index in [2.05, 4.69) is 53.3 Å². The molecule has 1 aromatic heterocycles. The number of halogens is 2. The van der Waals surface area contributed by atoms with Gasteiger partial charge in [-0.05, 0) is 35.4 Å². The molecule has 1 atom stereocenters. The molecule has 0 radical (unpaired) electrons. The molecular formula is C13H20FIN2. The van der Waals surface area contributed by atoms with E-state index in [0.717, 1.165) is 28.7 Å². The minimum Gasteiger partial charge on any atom is -0.244 e. The Balaban J connectivity index is 2.94. The van der Waals surface area contributed by atoms with Gasteiger partial charge in [0.25, 0.3) is 0 Å². The van der Waals surface area contributed by atoms with Crippen molar-refractivity contribution in [1.82, 2.24) is 9.97 Å². The molecule has 17 heavy (non-hydrogen) atoms. The lowest BCUT2D eigenvalue weighted by Gasteiger charge is -2.28. The minimum atomic E-state index is -0.476. The third kappa shape index (κ3) is 3.86. The van der Waals surface area contributed by atoms with Crippen LogP contribution < -0.4 is 0 Å². The monoisotopic (exact) mass is 350 g/mol. The second-order valence-electron chi connectivity index (χ2n) is 4.70. The first-order valence-electron chi connectivity index (χ1n) is 6.22. The summed E-state index contributed by atoms with van der Waals surface area (Å²) in [5, 5.41) is 0. The molecule has 0 aliphatic rings. The normalized spacial score (nSPS) is 14.6. The summed E-state index contributed by atoms with van der Waals surface area (Å²) in [6, 6.07) is 0. The van der Waals surface area contributed by atoms with Crippen molar-refractivity contribution in [3.05, 3.63) is 21.5 Å². The van der Waals surface area contributed by atoms with Crippen LogP contribution in [0.4, 0.5) is 4.39 Å². The van der Waals surface area contributed by atoms with E-state index in [0.29, 0.717) is 0 Å². The third-order valence-electron chi connectivity index (χ3n) is 3.38. The van der Waals surface area contributed by atoms with Crippen molar-refractivity contribution in [2.24, 2.45) is 0 Å². The van der Waals surface area contributed by atoms with Crippen LogP contribution in [-0.4, -0.2) is 9.97 Å². The Morgan fingerprint density at radius 1 is 1.35 bits per heavy atom. The standard InChI is InChI=1S/C13H20FIN2/c1-4-6-7-8-13(3,5-2)11-12(15)16-9-10(14)17-11/h9H,4-8H2,1-3H3. The highest BCUT2D eigenvalue weighted by Gasteiger charge is 2.29. The van der Waals surface area contributed by atoms with Gasteiger partial charge in [0.2, 0.25) is 5.95 Å². The zero-order chi connectivity index (χ0) is 12.9. The number of aromatic nitrogens is 2. The Kier molecular flexibility index (Phi) is 5.76. The van der Waals surface area contributed by atoms with Gasteiger partial charge >= 0.3 is 0 Å². The van der Waals surface area contributed by atoms with E-state index in [4.69, 9.17) is 0 Å². The van der Waals surface area contributed by atoms with E-state index in [9.17, 15) is 4.39 Å². The molecule has 96 valence electrons. The summed E-state index contributed by atoms with van der Waals surface area (Å²) in [5.41, 5.74) is 0.762. The van der Waals surface area contributed by atoms with Gasteiger partial charge in [0.1, 0.15) is 3.70 Å². The van der Waals surface area contributed by atoms with Crippen LogP contribution in [0.5, 0.6) is 0 Å². The first kappa shape index (κ1) is 14.8. The van der Waals surface area contributed by atoms with Gasteiger partial charge in [-0.2, -0.15) is 4.39 Å². The predicted molar refractivity (Wildman–Crippen MR) is 76.5 cm³/mol. The average molecular weight is 350 g/mol. The molecule has 0 saturated heterocycles. The first-order valence-corrected chi connectivity index (χ1v) is 7.30. The fourth-order valence-electron chi connectivity index (χ4n) is 1.96. The molecule has 0 aliphatic carbocycles. The molecule has 1 unspecified atom stereocenters. The molecule has 0 bridgehead atoms. The van der Waals surface area contributed by atoms with Crippen LogP contribution in [0.3, 0.4) is 0 Å². The van der Waals surface area contributed by atoms with Crippen LogP contribution in [0, 0.1) is 9.65 Å². The number of hydrogen-bond donors (Lipinski definition) is 0. The quantitative estimate of drug-likeness (QED) is 0.559. The van der Waals surface area contributed by atoms with Crippen molar-refractivity contribution in [2.75, 3.05) is 0 Å². The predicted octanol–water partition coefficient (Wildman–Crippen LogP) is 4.47. The highest BCUT2D eigenvalue weighted by Crippen LogP contribution is 2.33. The van der Waals surface area contributed by atoms with Crippen molar-refractivity contribution in [3.63, 3.8) is 0 Å². The minimum absolute atomic E-state index is 0.0548. The lowest BCUT2D eigenvalue weighted by Crippen LogP contribution is -2.25. The fraction of sp³-hybridized carbons (Fsp3) is 0.692. The van der Waals surface area contributed by atoms with Gasteiger partial charge in [-0.15, -0.1) is 0 Å². The lowest BCUT2D eigenvalue weighted by molar-refractivity contribution is 0.376. The Bertz CT molecular complexity index is 370. The van der Waals surface area contributed by atoms with Gasteiger partial charge in [0, 0.05) is 5.41 Å². The molecule has 0 aliphatic heterocycles. The van der Waals surface area contributed by atoms with Crippen LogP contribution in [-0.2, 0) is 5.41 Å². The second kappa shape index (κ2) is 6.61. The third-order valence-corrected chi connectivity index (χ3v) is 4.17. The Morgan fingerprint density at radius 3 is 2.65 bits per heavy atom. The maximum absolute atomic E-state index is 13.2. The molecule has 1 aromatic rings. The summed E-state index contributed by atoms with van der Waals surface area (Å²) in [7, 11) is 0. The van der Waals surface area contributed by atoms with Crippen molar-refractivity contribution in [1.29, 1.82) is 0 Å². The topological polar surface area (TPSA) is 25.8 Å². The first-order chi connectivity index (χ1) is 8.03. The average Bonchev–Trinajstić information content (AvgIpc) is 2.32. The molecule has 2 nitrogen and oxygen atoms in total. The van der Waals surface area contributed by atoms with Gasteiger partial charge in [0.05, 0.1) is 11.9 Å². The zero-order valence-corrected chi connectivity index (χ0v) is 12.9. The lowest BCUT2D eigenvalue weighted by atomic mass is 9.79. The van der Waals surface area contributed by atoms with E-state index in [1.54, 1.807) is 0 Å². The molecule has 1 heterocycles. The summed E-state index contributed by atoms with van der Waals surface area (Å²) < 4.78 is 14.0. The second-order valence-corrected chi connectivity index (χ2v) is 5.73. The molecule has 0 amide bonds. The maximum Gasteiger partial charge on any atom is 0.231 e. The van der Waals surface area contributed by atoms with Gasteiger partial charge < -0.3 is 0 Å². The Labute approximate surface area is 117 Å². The number of nitrogens with zero attached hydrogens (tertiary/aromatic N) is 2. The SMILES string of the molecule is CCCCCC(C)(CC)c1nc(F)cnc1I. The highest BCUT2D eigenvalue weighted by atomic mass is 127. The number of unbranched alkanes of at least 4 members (excludes halogenated alkanes) is 2. The molecule has 0 aromatic carbocycles. The van der Waals surface area contributed by atoms with Crippen LogP contribution in [0.1, 0.15) is 58.6 Å². The maximum atomic E-state index is 13.2. The van der Waals surface area contributed by atoms with Crippen LogP contribution >= 0.6 is 22.6 Å². The van der Waals surface area contributed by atoms with Crippen molar-refractivity contribution >= 4 is 22.6 Å². The fourth-order valence-corrected chi connectivity index (χ4v) is 2.88. The molecule has 0 fully saturated rings. The highest BCUT2D eigenvalue weighted by molar-refractivity contribution is 14.1. The summed E-state index contributed by atoms with van der Waals surface area (Å²) in [5.74, 6) is -0.476. The molecule has 0 saturated carbocycles. The van der Waals surface area contributed by atoms with E-state index >= 15 is 0 Å². The van der Waals surface area contributed by atoms with Crippen molar-refractivity contribution < 1.29 is 4.39 Å². The van der Waals surface area contributed by atoms with Crippen LogP contribution in [0.15, 0.2) is 6.20 Å². The van der Waals surface area contributed by atoms with E-state index < -0.39 is 5.95 Å². The summed E-state index contributed by atoms with van der Waals surface area (Å²) in [4.78, 5) is 8.13. The number of hydrogen-bond acceptors (Lipinski definition) is 2. The molecule has 1 rings (SSSR count). The van der Waals surface area contributed by atoms with Gasteiger partial charge in [-0.25, -0.2) is 9.97 Å². The number of rotatable bonds is 6. The molecule has 0 spiro atoms. The molecular weight excluding hydrogens is 330 g/mol. The summed E-state index contributed by atoms with van der Waals surface area (Å²) in [6.45, 7) is 6.48. The van der Waals surface area contributed by atoms with Gasteiger partial charge in [-0.3, -0.25) is 0 Å². The van der Waals surface area contributed by atoms with Gasteiger partial charge in [0.15, 0.2) is 0 Å². The summed E-state index contributed by atoms with van der Waals surface area (Å²) >= 11 is 2.15. The smallest absolute Gasteiger partial charge is 0.231 e. The Hall–Kier alpha value is -0.260. The van der Waals surface area contributed by atoms with Crippen molar-refractivity contribution in [3.8, 4) is 0 Å². The van der Waals surface area contributed by atoms with E-state index in [1.165, 1.54) is 19.0 Å². The summed E-state index contributed by atoms with van der Waals surface area (Å²) in [6.07, 6.45) is 6.78. The van der Waals surface area contributed by atoms with Crippen LogP contribution in [0.2, 0.25) is 0 Å². The van der Waals surface area contributed by atoms with Crippen LogP contribution in [0.25, 0.3) is 0 Å². The van der Waals surface area contributed by atoms with Gasteiger partial charge in [-0.1, -0.05) is 40.0 Å².